The third kappa shape index (κ3) is 3.15. The van der Waals surface area contributed by atoms with Crippen molar-refractivity contribution in [3.05, 3.63) is 47.4 Å². The van der Waals surface area contributed by atoms with Crippen LogP contribution in [0.2, 0.25) is 5.15 Å². The van der Waals surface area contributed by atoms with Crippen LogP contribution in [-0.4, -0.2) is 18.4 Å². The van der Waals surface area contributed by atoms with E-state index in [1.165, 1.54) is 0 Å². The number of halogens is 3. The molecule has 0 radical (unpaired) electrons. The van der Waals surface area contributed by atoms with Crippen molar-refractivity contribution in [2.45, 2.75) is 4.90 Å². The second kappa shape index (κ2) is 5.06. The second-order valence-corrected chi connectivity index (χ2v) is 5.44. The van der Waals surface area contributed by atoms with Crippen LogP contribution in [0.25, 0.3) is 0 Å². The number of hydrogen-bond acceptors (Lipinski definition) is 4. The quantitative estimate of drug-likeness (QED) is 0.883. The maximum Gasteiger partial charge on any atom is 0.265 e. The fourth-order valence-electron chi connectivity index (χ4n) is 1.28. The van der Waals surface area contributed by atoms with Crippen LogP contribution in [0.3, 0.4) is 0 Å². The molecule has 0 fully saturated rings. The first-order valence-corrected chi connectivity index (χ1v) is 6.70. The molecule has 0 aliphatic rings. The van der Waals surface area contributed by atoms with Gasteiger partial charge in [-0.15, -0.1) is 0 Å². The van der Waals surface area contributed by atoms with E-state index in [-0.39, 0.29) is 11.0 Å². The Balaban J connectivity index is 2.38. The predicted molar refractivity (Wildman–Crippen MR) is 64.2 cm³/mol. The number of nitrogens with one attached hydrogen (secondary N) is 1. The molecule has 0 aliphatic heterocycles. The van der Waals surface area contributed by atoms with Crippen LogP contribution in [-0.2, 0) is 10.0 Å². The molecule has 0 aliphatic carbocycles. The van der Waals surface area contributed by atoms with Crippen molar-refractivity contribution in [2.75, 3.05) is 4.72 Å². The van der Waals surface area contributed by atoms with E-state index in [2.05, 4.69) is 9.97 Å². The standard InChI is InChI=1S/C10H6ClF2N3O2S/c11-9-4-10(15-5-14-9)16-19(17,18)8-2-1-6(12)3-7(8)13/h1-5H,(H,14,15,16). The Bertz CT molecular complexity index is 724. The van der Waals surface area contributed by atoms with Crippen molar-refractivity contribution in [1.29, 1.82) is 0 Å². The summed E-state index contributed by atoms with van der Waals surface area (Å²) >= 11 is 5.56. The lowest BCUT2D eigenvalue weighted by atomic mass is 10.3. The molecule has 0 atom stereocenters. The van der Waals surface area contributed by atoms with Gasteiger partial charge >= 0.3 is 0 Å². The van der Waals surface area contributed by atoms with E-state index in [1.54, 1.807) is 0 Å². The molecule has 19 heavy (non-hydrogen) atoms. The average molecular weight is 306 g/mol. The van der Waals surface area contributed by atoms with Gasteiger partial charge in [-0.05, 0) is 12.1 Å². The summed E-state index contributed by atoms with van der Waals surface area (Å²) in [6.45, 7) is 0. The number of anilines is 1. The van der Waals surface area contributed by atoms with Crippen molar-refractivity contribution < 1.29 is 17.2 Å². The Kier molecular flexibility index (Phi) is 3.63. The Hall–Kier alpha value is -1.80. The van der Waals surface area contributed by atoms with Gasteiger partial charge < -0.3 is 0 Å². The maximum absolute atomic E-state index is 13.4. The van der Waals surface area contributed by atoms with E-state index in [1.807, 2.05) is 4.72 Å². The molecule has 9 heteroatoms. The van der Waals surface area contributed by atoms with Crippen LogP contribution < -0.4 is 4.72 Å². The summed E-state index contributed by atoms with van der Waals surface area (Å²) < 4.78 is 51.9. The molecule has 2 aromatic rings. The first-order chi connectivity index (χ1) is 8.88. The Morgan fingerprint density at radius 2 is 1.89 bits per heavy atom. The zero-order valence-electron chi connectivity index (χ0n) is 9.14. The number of hydrogen-bond donors (Lipinski definition) is 1. The average Bonchev–Trinajstić information content (AvgIpc) is 2.27. The van der Waals surface area contributed by atoms with E-state index >= 15 is 0 Å². The summed E-state index contributed by atoms with van der Waals surface area (Å²) in [6, 6.07) is 3.28. The highest BCUT2D eigenvalue weighted by atomic mass is 35.5. The van der Waals surface area contributed by atoms with E-state index in [0.717, 1.165) is 24.5 Å². The maximum atomic E-state index is 13.4. The molecule has 2 rings (SSSR count). The predicted octanol–water partition coefficient (Wildman–Crippen LogP) is 2.21. The third-order valence-corrected chi connectivity index (χ3v) is 3.65. The summed E-state index contributed by atoms with van der Waals surface area (Å²) in [5, 5.41) is 0.0206. The Morgan fingerprint density at radius 1 is 1.16 bits per heavy atom. The smallest absolute Gasteiger partial charge is 0.263 e. The topological polar surface area (TPSA) is 72.0 Å². The van der Waals surface area contributed by atoms with Crippen molar-refractivity contribution in [3.8, 4) is 0 Å². The van der Waals surface area contributed by atoms with Crippen molar-refractivity contribution in [1.82, 2.24) is 9.97 Å². The van der Waals surface area contributed by atoms with Crippen LogP contribution in [0.5, 0.6) is 0 Å². The number of rotatable bonds is 3. The SMILES string of the molecule is O=S(=O)(Nc1cc(Cl)ncn1)c1ccc(F)cc1F. The molecular weight excluding hydrogens is 300 g/mol. The minimum atomic E-state index is -4.22. The first-order valence-electron chi connectivity index (χ1n) is 4.84. The summed E-state index contributed by atoms with van der Waals surface area (Å²) in [7, 11) is -4.22. The van der Waals surface area contributed by atoms with Gasteiger partial charge in [0.05, 0.1) is 0 Å². The zero-order chi connectivity index (χ0) is 14.0. The minimum Gasteiger partial charge on any atom is -0.263 e. The van der Waals surface area contributed by atoms with Gasteiger partial charge in [0, 0.05) is 12.1 Å². The molecule has 0 spiro atoms. The molecule has 0 saturated heterocycles. The molecule has 0 bridgehead atoms. The first kappa shape index (κ1) is 13.6. The van der Waals surface area contributed by atoms with Crippen LogP contribution in [0.15, 0.2) is 35.5 Å². The number of nitrogens with zero attached hydrogens (tertiary/aromatic N) is 2. The Morgan fingerprint density at radius 3 is 2.53 bits per heavy atom. The molecule has 1 N–H and O–H groups in total. The van der Waals surface area contributed by atoms with Gasteiger partial charge in [-0.3, -0.25) is 4.72 Å². The molecule has 1 heterocycles. The molecule has 5 nitrogen and oxygen atoms in total. The van der Waals surface area contributed by atoms with Crippen molar-refractivity contribution in [3.63, 3.8) is 0 Å². The van der Waals surface area contributed by atoms with Gasteiger partial charge in [0.1, 0.15) is 33.8 Å². The van der Waals surface area contributed by atoms with Gasteiger partial charge in [0.25, 0.3) is 10.0 Å². The van der Waals surface area contributed by atoms with Gasteiger partial charge in [0.2, 0.25) is 0 Å². The van der Waals surface area contributed by atoms with Crippen LogP contribution >= 0.6 is 11.6 Å². The molecule has 100 valence electrons. The van der Waals surface area contributed by atoms with E-state index < -0.39 is 26.6 Å². The largest absolute Gasteiger partial charge is 0.265 e. The highest BCUT2D eigenvalue weighted by Gasteiger charge is 2.20. The lowest BCUT2D eigenvalue weighted by Crippen LogP contribution is -2.15. The fraction of sp³-hybridized carbons (Fsp3) is 0. The number of aromatic nitrogens is 2. The second-order valence-electron chi connectivity index (χ2n) is 3.41. The monoisotopic (exact) mass is 305 g/mol. The minimum absolute atomic E-state index is 0.0206. The van der Waals surface area contributed by atoms with Gasteiger partial charge in [-0.25, -0.2) is 27.2 Å². The molecule has 1 aromatic carbocycles. The van der Waals surface area contributed by atoms with Crippen LogP contribution in [0.1, 0.15) is 0 Å². The van der Waals surface area contributed by atoms with Crippen LogP contribution in [0.4, 0.5) is 14.6 Å². The molecule has 0 saturated carbocycles. The lowest BCUT2D eigenvalue weighted by Gasteiger charge is -2.07. The fourth-order valence-corrected chi connectivity index (χ4v) is 2.48. The number of sulfonamides is 1. The van der Waals surface area contributed by atoms with Crippen molar-refractivity contribution >= 4 is 27.4 Å². The molecular formula is C10H6ClF2N3O2S. The van der Waals surface area contributed by atoms with Gasteiger partial charge in [-0.1, -0.05) is 11.6 Å². The molecule has 1 aromatic heterocycles. The lowest BCUT2D eigenvalue weighted by molar-refractivity contribution is 0.551. The highest BCUT2D eigenvalue weighted by molar-refractivity contribution is 7.92. The normalized spacial score (nSPS) is 11.3. The van der Waals surface area contributed by atoms with Crippen LogP contribution in [0, 0.1) is 11.6 Å². The summed E-state index contributed by atoms with van der Waals surface area (Å²) in [5.74, 6) is -2.20. The van der Waals surface area contributed by atoms with E-state index in [9.17, 15) is 17.2 Å². The third-order valence-electron chi connectivity index (χ3n) is 2.06. The Labute approximate surface area is 112 Å². The number of benzene rings is 1. The highest BCUT2D eigenvalue weighted by Crippen LogP contribution is 2.19. The van der Waals surface area contributed by atoms with Gasteiger partial charge in [0.15, 0.2) is 0 Å². The summed E-state index contributed by atoms with van der Waals surface area (Å²) in [6.07, 6.45) is 1.04. The van der Waals surface area contributed by atoms with Crippen molar-refractivity contribution in [2.24, 2.45) is 0 Å². The van der Waals surface area contributed by atoms with E-state index in [0.29, 0.717) is 6.07 Å². The zero-order valence-corrected chi connectivity index (χ0v) is 10.7. The van der Waals surface area contributed by atoms with Gasteiger partial charge in [-0.2, -0.15) is 0 Å². The molecule has 0 amide bonds. The molecule has 0 unspecified atom stereocenters. The van der Waals surface area contributed by atoms with E-state index in [4.69, 9.17) is 11.6 Å². The summed E-state index contributed by atoms with van der Waals surface area (Å²) in [5.41, 5.74) is 0. The summed E-state index contributed by atoms with van der Waals surface area (Å²) in [4.78, 5) is 6.49.